The van der Waals surface area contributed by atoms with Crippen LogP contribution in [0.15, 0.2) is 66.7 Å². The van der Waals surface area contributed by atoms with E-state index < -0.39 is 0 Å². The Kier molecular flexibility index (Phi) is 6.64. The van der Waals surface area contributed by atoms with Gasteiger partial charge in [0, 0.05) is 31.4 Å². The molecule has 4 N–H and O–H groups in total. The molecule has 0 spiro atoms. The summed E-state index contributed by atoms with van der Waals surface area (Å²) in [6.07, 6.45) is 0. The fourth-order valence-electron chi connectivity index (χ4n) is 3.24. The average molecular weight is 406 g/mol. The van der Waals surface area contributed by atoms with Crippen molar-refractivity contribution in [2.24, 2.45) is 0 Å². The van der Waals surface area contributed by atoms with Gasteiger partial charge in [-0.1, -0.05) is 24.3 Å². The minimum absolute atomic E-state index is 0.613. The minimum atomic E-state index is 0.613. The highest BCUT2D eigenvalue weighted by Crippen LogP contribution is 2.27. The van der Waals surface area contributed by atoms with Crippen molar-refractivity contribution in [1.82, 2.24) is 9.88 Å². The van der Waals surface area contributed by atoms with E-state index in [0.717, 1.165) is 55.8 Å². The number of nitrogens with one attached hydrogen (secondary N) is 2. The minimum Gasteiger partial charge on any atom is -0.492 e. The largest absolute Gasteiger partial charge is 0.492 e. The lowest BCUT2D eigenvalue weighted by atomic mass is 10.2. The Labute approximate surface area is 176 Å². The Morgan fingerprint density at radius 1 is 0.933 bits per heavy atom. The van der Waals surface area contributed by atoms with E-state index in [1.54, 1.807) is 0 Å². The van der Waals surface area contributed by atoms with Crippen LogP contribution in [0.3, 0.4) is 0 Å². The van der Waals surface area contributed by atoms with Crippen LogP contribution in [0.2, 0.25) is 0 Å². The first kappa shape index (κ1) is 20.0. The van der Waals surface area contributed by atoms with Crippen molar-refractivity contribution < 1.29 is 9.47 Å². The number of hydrogen-bond acceptors (Lipinski definition) is 7. The van der Waals surface area contributed by atoms with Gasteiger partial charge in [0.05, 0.1) is 24.6 Å². The topological polar surface area (TPSA) is 84.7 Å². The molecule has 0 atom stereocenters. The zero-order chi connectivity index (χ0) is 20.6. The molecule has 1 aromatic heterocycles. The second-order valence-electron chi connectivity index (χ2n) is 7.08. The standard InChI is InChI=1S/C23H27N5O2/c24-20-17-19(30-16-13-28-11-14-29-15-12-28)9-10-21(20)26-23-8-4-7-22(27-23)25-18-5-2-1-3-6-18/h1-10,17H,11-16,24H2,(H2,25,26,27). The lowest BCUT2D eigenvalue weighted by molar-refractivity contribution is 0.0322. The summed E-state index contributed by atoms with van der Waals surface area (Å²) >= 11 is 0. The zero-order valence-corrected chi connectivity index (χ0v) is 16.9. The van der Waals surface area contributed by atoms with Crippen molar-refractivity contribution in [3.05, 3.63) is 66.7 Å². The van der Waals surface area contributed by atoms with Crippen molar-refractivity contribution in [2.45, 2.75) is 0 Å². The molecule has 2 heterocycles. The molecule has 3 aromatic rings. The van der Waals surface area contributed by atoms with Crippen molar-refractivity contribution in [3.8, 4) is 5.75 Å². The number of rotatable bonds is 8. The Hall–Kier alpha value is -3.29. The Morgan fingerprint density at radius 3 is 2.47 bits per heavy atom. The lowest BCUT2D eigenvalue weighted by Gasteiger charge is -2.26. The molecule has 1 aliphatic rings. The van der Waals surface area contributed by atoms with Crippen LogP contribution in [0.5, 0.6) is 5.75 Å². The van der Waals surface area contributed by atoms with Crippen LogP contribution in [-0.2, 0) is 4.74 Å². The van der Waals surface area contributed by atoms with Gasteiger partial charge in [0.1, 0.15) is 24.0 Å². The molecule has 7 nitrogen and oxygen atoms in total. The fraction of sp³-hybridized carbons (Fsp3) is 0.261. The Bertz CT molecular complexity index is 945. The maximum atomic E-state index is 6.23. The van der Waals surface area contributed by atoms with E-state index in [1.807, 2.05) is 66.7 Å². The van der Waals surface area contributed by atoms with Gasteiger partial charge >= 0.3 is 0 Å². The summed E-state index contributed by atoms with van der Waals surface area (Å²) < 4.78 is 11.2. The summed E-state index contributed by atoms with van der Waals surface area (Å²) in [5.41, 5.74) is 8.62. The van der Waals surface area contributed by atoms with E-state index >= 15 is 0 Å². The molecule has 0 bridgehead atoms. The summed E-state index contributed by atoms with van der Waals surface area (Å²) in [5.74, 6) is 2.23. The first-order chi connectivity index (χ1) is 14.8. The molecule has 0 radical (unpaired) electrons. The molecule has 0 amide bonds. The number of morpholine rings is 1. The number of pyridine rings is 1. The number of aromatic nitrogens is 1. The molecule has 0 saturated carbocycles. The highest BCUT2D eigenvalue weighted by molar-refractivity contribution is 5.73. The third-order valence-corrected chi connectivity index (χ3v) is 4.86. The lowest BCUT2D eigenvalue weighted by Crippen LogP contribution is -2.38. The van der Waals surface area contributed by atoms with Crippen LogP contribution >= 0.6 is 0 Å². The van der Waals surface area contributed by atoms with Gasteiger partial charge < -0.3 is 25.8 Å². The molecule has 1 aliphatic heterocycles. The number of para-hydroxylation sites is 1. The number of nitrogens with two attached hydrogens (primary N) is 1. The van der Waals surface area contributed by atoms with E-state index in [2.05, 4.69) is 20.5 Å². The second kappa shape index (κ2) is 9.96. The zero-order valence-electron chi connectivity index (χ0n) is 16.9. The maximum Gasteiger partial charge on any atom is 0.132 e. The first-order valence-corrected chi connectivity index (χ1v) is 10.1. The smallest absolute Gasteiger partial charge is 0.132 e. The van der Waals surface area contributed by atoms with E-state index in [0.29, 0.717) is 18.1 Å². The maximum absolute atomic E-state index is 6.23. The van der Waals surface area contributed by atoms with Crippen LogP contribution in [0.25, 0.3) is 0 Å². The third-order valence-electron chi connectivity index (χ3n) is 4.86. The van der Waals surface area contributed by atoms with Crippen molar-refractivity contribution in [2.75, 3.05) is 55.8 Å². The summed E-state index contributed by atoms with van der Waals surface area (Å²) in [4.78, 5) is 6.94. The molecule has 7 heteroatoms. The number of anilines is 5. The number of nitrogen functional groups attached to an aromatic ring is 1. The fourth-order valence-corrected chi connectivity index (χ4v) is 3.24. The highest BCUT2D eigenvalue weighted by Gasteiger charge is 2.10. The van der Waals surface area contributed by atoms with Crippen molar-refractivity contribution in [1.29, 1.82) is 0 Å². The number of ether oxygens (including phenoxy) is 2. The summed E-state index contributed by atoms with van der Waals surface area (Å²) in [6, 6.07) is 21.4. The van der Waals surface area contributed by atoms with E-state index in [1.165, 1.54) is 0 Å². The van der Waals surface area contributed by atoms with Crippen LogP contribution in [0.1, 0.15) is 0 Å². The number of benzene rings is 2. The van der Waals surface area contributed by atoms with Crippen LogP contribution in [0.4, 0.5) is 28.7 Å². The normalized spacial score (nSPS) is 14.3. The van der Waals surface area contributed by atoms with Crippen LogP contribution in [-0.4, -0.2) is 49.3 Å². The second-order valence-corrected chi connectivity index (χ2v) is 7.08. The summed E-state index contributed by atoms with van der Waals surface area (Å²) in [5, 5.41) is 6.57. The molecule has 156 valence electrons. The molecule has 2 aromatic carbocycles. The quantitative estimate of drug-likeness (QED) is 0.491. The first-order valence-electron chi connectivity index (χ1n) is 10.1. The Morgan fingerprint density at radius 2 is 1.70 bits per heavy atom. The third kappa shape index (κ3) is 5.62. The van der Waals surface area contributed by atoms with Gasteiger partial charge in [-0.2, -0.15) is 0 Å². The molecular formula is C23H27N5O2. The van der Waals surface area contributed by atoms with Crippen LogP contribution < -0.4 is 21.1 Å². The highest BCUT2D eigenvalue weighted by atomic mass is 16.5. The molecular weight excluding hydrogens is 378 g/mol. The van der Waals surface area contributed by atoms with Gasteiger partial charge in [0.25, 0.3) is 0 Å². The summed E-state index contributed by atoms with van der Waals surface area (Å²) in [7, 11) is 0. The number of hydrogen-bond donors (Lipinski definition) is 3. The van der Waals surface area contributed by atoms with Gasteiger partial charge in [0.2, 0.25) is 0 Å². The van der Waals surface area contributed by atoms with Gasteiger partial charge in [-0.15, -0.1) is 0 Å². The SMILES string of the molecule is Nc1cc(OCCN2CCOCC2)ccc1Nc1cccc(Nc2ccccc2)n1. The Balaban J connectivity index is 1.33. The predicted octanol–water partition coefficient (Wildman–Crippen LogP) is 3.86. The van der Waals surface area contributed by atoms with E-state index in [4.69, 9.17) is 15.2 Å². The molecule has 0 unspecified atom stereocenters. The van der Waals surface area contributed by atoms with Gasteiger partial charge in [-0.25, -0.2) is 4.98 Å². The molecule has 30 heavy (non-hydrogen) atoms. The van der Waals surface area contributed by atoms with Crippen LogP contribution in [0, 0.1) is 0 Å². The molecule has 4 rings (SSSR count). The van der Waals surface area contributed by atoms with Gasteiger partial charge in [0.15, 0.2) is 0 Å². The average Bonchev–Trinajstić information content (AvgIpc) is 2.77. The monoisotopic (exact) mass is 405 g/mol. The number of nitrogens with zero attached hydrogens (tertiary/aromatic N) is 2. The molecule has 0 aliphatic carbocycles. The molecule has 1 fully saturated rings. The van der Waals surface area contributed by atoms with Gasteiger partial charge in [-0.05, 0) is 36.4 Å². The van der Waals surface area contributed by atoms with E-state index in [9.17, 15) is 0 Å². The predicted molar refractivity (Wildman–Crippen MR) is 121 cm³/mol. The molecule has 1 saturated heterocycles. The summed E-state index contributed by atoms with van der Waals surface area (Å²) in [6.45, 7) is 5.02. The van der Waals surface area contributed by atoms with Crippen molar-refractivity contribution in [3.63, 3.8) is 0 Å². The van der Waals surface area contributed by atoms with Gasteiger partial charge in [-0.3, -0.25) is 4.90 Å². The van der Waals surface area contributed by atoms with E-state index in [-0.39, 0.29) is 0 Å². The van der Waals surface area contributed by atoms with Crippen molar-refractivity contribution >= 4 is 28.7 Å².